The molecule has 0 bridgehead atoms. The van der Waals surface area contributed by atoms with E-state index < -0.39 is 0 Å². The fourth-order valence-corrected chi connectivity index (χ4v) is 1.66. The molecule has 0 aromatic carbocycles. The SMILES string of the molecule is CCC(C)CN(CC)c1nnc(CNCCOC)o1. The molecule has 1 aromatic rings. The first kappa shape index (κ1) is 15.9. The summed E-state index contributed by atoms with van der Waals surface area (Å²) >= 11 is 0. The predicted molar refractivity (Wildman–Crippen MR) is 75.2 cm³/mol. The van der Waals surface area contributed by atoms with E-state index in [1.807, 2.05) is 0 Å². The highest BCUT2D eigenvalue weighted by molar-refractivity contribution is 5.23. The van der Waals surface area contributed by atoms with E-state index >= 15 is 0 Å². The molecule has 1 aromatic heterocycles. The average Bonchev–Trinajstić information content (AvgIpc) is 2.89. The third-order valence-corrected chi connectivity index (χ3v) is 3.10. The second-order valence-corrected chi connectivity index (χ2v) is 4.70. The highest BCUT2D eigenvalue weighted by Crippen LogP contribution is 2.15. The second kappa shape index (κ2) is 8.87. The van der Waals surface area contributed by atoms with Gasteiger partial charge >= 0.3 is 6.01 Å². The van der Waals surface area contributed by atoms with Crippen molar-refractivity contribution in [2.24, 2.45) is 5.92 Å². The second-order valence-electron chi connectivity index (χ2n) is 4.70. The Morgan fingerprint density at radius 3 is 2.79 bits per heavy atom. The lowest BCUT2D eigenvalue weighted by molar-refractivity contribution is 0.198. The molecule has 1 atom stereocenters. The van der Waals surface area contributed by atoms with Crippen molar-refractivity contribution in [3.63, 3.8) is 0 Å². The zero-order valence-electron chi connectivity index (χ0n) is 12.5. The summed E-state index contributed by atoms with van der Waals surface area (Å²) in [6.07, 6.45) is 1.15. The maximum Gasteiger partial charge on any atom is 0.318 e. The van der Waals surface area contributed by atoms with Crippen molar-refractivity contribution in [3.05, 3.63) is 5.89 Å². The standard InChI is InChI=1S/C13H26N4O2/c1-5-11(3)10-17(6-2)13-16-15-12(19-13)9-14-7-8-18-4/h11,14H,5-10H2,1-4H3. The van der Waals surface area contributed by atoms with E-state index in [1.54, 1.807) is 7.11 Å². The molecule has 1 unspecified atom stereocenters. The summed E-state index contributed by atoms with van der Waals surface area (Å²) < 4.78 is 10.6. The predicted octanol–water partition coefficient (Wildman–Crippen LogP) is 1.68. The first-order valence-electron chi connectivity index (χ1n) is 6.98. The molecule has 6 nitrogen and oxygen atoms in total. The van der Waals surface area contributed by atoms with Crippen molar-refractivity contribution in [1.29, 1.82) is 0 Å². The average molecular weight is 270 g/mol. The van der Waals surface area contributed by atoms with Crippen LogP contribution in [0.4, 0.5) is 6.01 Å². The molecule has 0 fully saturated rings. The van der Waals surface area contributed by atoms with Crippen molar-refractivity contribution >= 4 is 6.01 Å². The van der Waals surface area contributed by atoms with Gasteiger partial charge in [-0.25, -0.2) is 0 Å². The summed E-state index contributed by atoms with van der Waals surface area (Å²) in [6, 6.07) is 0.617. The number of methoxy groups -OCH3 is 1. The number of hydrogen-bond acceptors (Lipinski definition) is 6. The summed E-state index contributed by atoms with van der Waals surface area (Å²) in [5.74, 6) is 1.24. The molecule has 0 aliphatic carbocycles. The van der Waals surface area contributed by atoms with Crippen LogP contribution in [0.1, 0.15) is 33.1 Å². The molecule has 1 rings (SSSR count). The van der Waals surface area contributed by atoms with Crippen LogP contribution < -0.4 is 10.2 Å². The lowest BCUT2D eigenvalue weighted by atomic mass is 10.1. The molecule has 0 saturated carbocycles. The molecular formula is C13H26N4O2. The van der Waals surface area contributed by atoms with E-state index in [4.69, 9.17) is 9.15 Å². The number of aromatic nitrogens is 2. The van der Waals surface area contributed by atoms with Crippen molar-refractivity contribution in [1.82, 2.24) is 15.5 Å². The van der Waals surface area contributed by atoms with Gasteiger partial charge in [0.2, 0.25) is 5.89 Å². The summed E-state index contributed by atoms with van der Waals surface area (Å²) in [6.45, 7) is 10.4. The Morgan fingerprint density at radius 1 is 1.37 bits per heavy atom. The molecule has 0 spiro atoms. The van der Waals surface area contributed by atoms with E-state index in [9.17, 15) is 0 Å². The van der Waals surface area contributed by atoms with Gasteiger partial charge in [0.15, 0.2) is 0 Å². The Hall–Kier alpha value is -1.14. The summed E-state index contributed by atoms with van der Waals surface area (Å²) in [5, 5.41) is 11.4. The maximum absolute atomic E-state index is 5.66. The molecule has 0 saturated heterocycles. The van der Waals surface area contributed by atoms with Crippen molar-refractivity contribution < 1.29 is 9.15 Å². The van der Waals surface area contributed by atoms with Crippen LogP contribution in [0.15, 0.2) is 4.42 Å². The highest BCUT2D eigenvalue weighted by Gasteiger charge is 2.14. The van der Waals surface area contributed by atoms with Gasteiger partial charge in [-0.1, -0.05) is 25.4 Å². The minimum atomic E-state index is 0.581. The van der Waals surface area contributed by atoms with E-state index in [2.05, 4.69) is 41.2 Å². The summed E-state index contributed by atoms with van der Waals surface area (Å²) in [5.41, 5.74) is 0. The van der Waals surface area contributed by atoms with Crippen LogP contribution >= 0.6 is 0 Å². The Bertz CT molecular complexity index is 343. The van der Waals surface area contributed by atoms with Gasteiger partial charge in [0.1, 0.15) is 0 Å². The van der Waals surface area contributed by atoms with Gasteiger partial charge in [-0.15, -0.1) is 5.10 Å². The molecule has 110 valence electrons. The molecule has 19 heavy (non-hydrogen) atoms. The van der Waals surface area contributed by atoms with Crippen molar-refractivity contribution in [3.8, 4) is 0 Å². The van der Waals surface area contributed by atoms with Gasteiger partial charge in [-0.05, 0) is 12.8 Å². The quantitative estimate of drug-likeness (QED) is 0.653. The zero-order valence-corrected chi connectivity index (χ0v) is 12.5. The smallest absolute Gasteiger partial charge is 0.318 e. The zero-order chi connectivity index (χ0) is 14.1. The molecule has 0 amide bonds. The number of nitrogens with zero attached hydrogens (tertiary/aromatic N) is 3. The van der Waals surface area contributed by atoms with Gasteiger partial charge < -0.3 is 19.4 Å². The monoisotopic (exact) mass is 270 g/mol. The van der Waals surface area contributed by atoms with Gasteiger partial charge in [0, 0.05) is 26.7 Å². The fourth-order valence-electron chi connectivity index (χ4n) is 1.66. The molecule has 0 aliphatic heterocycles. The van der Waals surface area contributed by atoms with Crippen molar-refractivity contribution in [2.75, 3.05) is 38.3 Å². The molecule has 1 heterocycles. The van der Waals surface area contributed by atoms with Crippen LogP contribution in [-0.2, 0) is 11.3 Å². The molecule has 0 aliphatic rings. The van der Waals surface area contributed by atoms with Crippen molar-refractivity contribution in [2.45, 2.75) is 33.7 Å². The minimum absolute atomic E-state index is 0.581. The Balaban J connectivity index is 2.46. The first-order valence-corrected chi connectivity index (χ1v) is 6.98. The third kappa shape index (κ3) is 5.57. The Kier molecular flexibility index (Phi) is 7.43. The van der Waals surface area contributed by atoms with Crippen LogP contribution in [0.3, 0.4) is 0 Å². The van der Waals surface area contributed by atoms with E-state index in [-0.39, 0.29) is 0 Å². The summed E-state index contributed by atoms with van der Waals surface area (Å²) in [7, 11) is 1.68. The van der Waals surface area contributed by atoms with Crippen LogP contribution in [0.25, 0.3) is 0 Å². The van der Waals surface area contributed by atoms with Crippen LogP contribution in [-0.4, -0.2) is 43.5 Å². The maximum atomic E-state index is 5.66. The van der Waals surface area contributed by atoms with Gasteiger partial charge in [-0.2, -0.15) is 0 Å². The van der Waals surface area contributed by atoms with E-state index in [0.717, 1.165) is 26.1 Å². The van der Waals surface area contributed by atoms with Gasteiger partial charge in [0.05, 0.1) is 13.2 Å². The molecule has 0 radical (unpaired) electrons. The number of ether oxygens (including phenoxy) is 1. The number of rotatable bonds is 10. The van der Waals surface area contributed by atoms with Crippen LogP contribution in [0.5, 0.6) is 0 Å². The van der Waals surface area contributed by atoms with Crippen LogP contribution in [0.2, 0.25) is 0 Å². The highest BCUT2D eigenvalue weighted by atomic mass is 16.5. The van der Waals surface area contributed by atoms with Gasteiger partial charge in [-0.3, -0.25) is 0 Å². The number of anilines is 1. The topological polar surface area (TPSA) is 63.4 Å². The molecule has 1 N–H and O–H groups in total. The molecular weight excluding hydrogens is 244 g/mol. The Morgan fingerprint density at radius 2 is 2.16 bits per heavy atom. The largest absolute Gasteiger partial charge is 0.407 e. The third-order valence-electron chi connectivity index (χ3n) is 3.10. The minimum Gasteiger partial charge on any atom is -0.407 e. The van der Waals surface area contributed by atoms with E-state index in [1.165, 1.54) is 0 Å². The normalized spacial score (nSPS) is 12.6. The van der Waals surface area contributed by atoms with Crippen LogP contribution in [0, 0.1) is 5.92 Å². The lowest BCUT2D eigenvalue weighted by Gasteiger charge is -2.21. The lowest BCUT2D eigenvalue weighted by Crippen LogP contribution is -2.28. The van der Waals surface area contributed by atoms with E-state index in [0.29, 0.717) is 31.0 Å². The summed E-state index contributed by atoms with van der Waals surface area (Å²) in [4.78, 5) is 2.12. The Labute approximate surface area is 115 Å². The number of hydrogen-bond donors (Lipinski definition) is 1. The first-order chi connectivity index (χ1) is 9.21. The fraction of sp³-hybridized carbons (Fsp3) is 0.846. The molecule has 6 heteroatoms. The number of nitrogens with one attached hydrogen (secondary N) is 1. The van der Waals surface area contributed by atoms with Gasteiger partial charge in [0.25, 0.3) is 0 Å².